The Bertz CT molecular complexity index is 589. The van der Waals surface area contributed by atoms with Gasteiger partial charge in [-0.1, -0.05) is 6.07 Å². The zero-order valence-electron chi connectivity index (χ0n) is 14.0. The second-order valence-electron chi connectivity index (χ2n) is 6.41. The second kappa shape index (κ2) is 6.87. The zero-order chi connectivity index (χ0) is 17.8. The highest BCUT2D eigenvalue weighted by Crippen LogP contribution is 2.27. The van der Waals surface area contributed by atoms with E-state index in [1.165, 1.54) is 20.1 Å². The van der Waals surface area contributed by atoms with E-state index in [2.05, 4.69) is 5.32 Å². The molecule has 1 aromatic rings. The standard InChI is InChI=1S/C16H23NO6/c1-15(2,3)23-14(20)17-12-8-11(22-5)7-6-10(12)9-16(4,21)13(18)19/h6-8,21H,9H2,1-5H3,(H,17,20)(H,18,19). The van der Waals surface area contributed by atoms with E-state index in [9.17, 15) is 14.7 Å². The van der Waals surface area contributed by atoms with Crippen LogP contribution in [0, 0.1) is 0 Å². The molecular formula is C16H23NO6. The van der Waals surface area contributed by atoms with Crippen LogP contribution in [0.3, 0.4) is 0 Å². The van der Waals surface area contributed by atoms with Crippen LogP contribution in [0.1, 0.15) is 33.3 Å². The maximum Gasteiger partial charge on any atom is 0.412 e. The minimum Gasteiger partial charge on any atom is -0.497 e. The number of ether oxygens (including phenoxy) is 2. The van der Waals surface area contributed by atoms with Crippen LogP contribution in [0.15, 0.2) is 18.2 Å². The molecule has 0 fully saturated rings. The number of carboxylic acid groups (broad SMARTS) is 1. The predicted octanol–water partition coefficient (Wildman–Crippen LogP) is 2.42. The monoisotopic (exact) mass is 325 g/mol. The second-order valence-corrected chi connectivity index (χ2v) is 6.41. The van der Waals surface area contributed by atoms with E-state index in [4.69, 9.17) is 14.6 Å². The number of rotatable bonds is 5. The van der Waals surface area contributed by atoms with Crippen LogP contribution in [-0.2, 0) is 16.0 Å². The summed E-state index contributed by atoms with van der Waals surface area (Å²) in [6.07, 6.45) is -0.862. The molecule has 0 aliphatic carbocycles. The average Bonchev–Trinajstić information content (AvgIpc) is 2.38. The third-order valence-electron chi connectivity index (χ3n) is 2.95. The fourth-order valence-corrected chi connectivity index (χ4v) is 1.81. The molecule has 0 aliphatic rings. The molecule has 1 atom stereocenters. The number of amides is 1. The first-order chi connectivity index (χ1) is 10.4. The molecule has 7 nitrogen and oxygen atoms in total. The number of nitrogens with one attached hydrogen (secondary N) is 1. The molecule has 128 valence electrons. The maximum absolute atomic E-state index is 11.9. The van der Waals surface area contributed by atoms with Crippen molar-refractivity contribution in [1.29, 1.82) is 0 Å². The molecule has 0 radical (unpaired) electrons. The molecule has 23 heavy (non-hydrogen) atoms. The Hall–Kier alpha value is -2.28. The van der Waals surface area contributed by atoms with Gasteiger partial charge in [-0.15, -0.1) is 0 Å². The minimum absolute atomic E-state index is 0.183. The lowest BCUT2D eigenvalue weighted by Crippen LogP contribution is -2.37. The van der Waals surface area contributed by atoms with E-state index in [0.717, 1.165) is 0 Å². The van der Waals surface area contributed by atoms with E-state index < -0.39 is 23.3 Å². The average molecular weight is 325 g/mol. The summed E-state index contributed by atoms with van der Waals surface area (Å²) >= 11 is 0. The molecule has 1 rings (SSSR count). The Kier molecular flexibility index (Phi) is 5.60. The Morgan fingerprint density at radius 1 is 1.22 bits per heavy atom. The maximum atomic E-state index is 11.9. The minimum atomic E-state index is -1.96. The van der Waals surface area contributed by atoms with Crippen molar-refractivity contribution in [3.05, 3.63) is 23.8 Å². The van der Waals surface area contributed by atoms with Crippen LogP contribution in [0.4, 0.5) is 10.5 Å². The topological polar surface area (TPSA) is 105 Å². The van der Waals surface area contributed by atoms with Gasteiger partial charge in [0.05, 0.1) is 12.8 Å². The quantitative estimate of drug-likeness (QED) is 0.768. The predicted molar refractivity (Wildman–Crippen MR) is 84.8 cm³/mol. The lowest BCUT2D eigenvalue weighted by atomic mass is 9.95. The van der Waals surface area contributed by atoms with E-state index >= 15 is 0 Å². The van der Waals surface area contributed by atoms with Crippen molar-refractivity contribution in [3.8, 4) is 5.75 Å². The SMILES string of the molecule is COc1ccc(CC(C)(O)C(=O)O)c(NC(=O)OC(C)(C)C)c1. The summed E-state index contributed by atoms with van der Waals surface area (Å²) in [6, 6.07) is 4.74. The number of carbonyl (C=O) groups is 2. The Morgan fingerprint density at radius 3 is 2.30 bits per heavy atom. The fraction of sp³-hybridized carbons (Fsp3) is 0.500. The largest absolute Gasteiger partial charge is 0.497 e. The van der Waals surface area contributed by atoms with Gasteiger partial charge in [0.15, 0.2) is 5.60 Å². The first-order valence-electron chi connectivity index (χ1n) is 7.07. The molecule has 1 unspecified atom stereocenters. The summed E-state index contributed by atoms with van der Waals surface area (Å²) in [5.41, 5.74) is -1.86. The summed E-state index contributed by atoms with van der Waals surface area (Å²) in [6.45, 7) is 6.38. The normalized spacial score (nSPS) is 13.8. The molecule has 0 heterocycles. The number of methoxy groups -OCH3 is 1. The highest BCUT2D eigenvalue weighted by molar-refractivity contribution is 5.87. The van der Waals surface area contributed by atoms with Gasteiger partial charge < -0.3 is 19.7 Å². The number of hydrogen-bond acceptors (Lipinski definition) is 5. The molecular weight excluding hydrogens is 302 g/mol. The fourth-order valence-electron chi connectivity index (χ4n) is 1.81. The highest BCUT2D eigenvalue weighted by atomic mass is 16.6. The number of carboxylic acids is 1. The summed E-state index contributed by atoms with van der Waals surface area (Å²) in [5, 5.41) is 21.5. The molecule has 1 amide bonds. The van der Waals surface area contributed by atoms with Crippen molar-refractivity contribution in [3.63, 3.8) is 0 Å². The van der Waals surface area contributed by atoms with Gasteiger partial charge in [0.2, 0.25) is 0 Å². The summed E-state index contributed by atoms with van der Waals surface area (Å²) in [4.78, 5) is 23.0. The van der Waals surface area contributed by atoms with E-state index in [-0.39, 0.29) is 6.42 Å². The van der Waals surface area contributed by atoms with Crippen LogP contribution in [0.5, 0.6) is 5.75 Å². The number of aliphatic hydroxyl groups is 1. The van der Waals surface area contributed by atoms with Crippen LogP contribution in [0.2, 0.25) is 0 Å². The number of hydrogen-bond donors (Lipinski definition) is 3. The number of carbonyl (C=O) groups excluding carboxylic acids is 1. The van der Waals surface area contributed by atoms with E-state index in [1.54, 1.807) is 32.9 Å². The number of anilines is 1. The van der Waals surface area contributed by atoms with Crippen LogP contribution >= 0.6 is 0 Å². The summed E-state index contributed by atoms with van der Waals surface area (Å²) in [5.74, 6) is -0.869. The molecule has 0 saturated carbocycles. The third kappa shape index (κ3) is 5.78. The van der Waals surface area contributed by atoms with Gasteiger partial charge in [0.1, 0.15) is 11.4 Å². The van der Waals surface area contributed by atoms with Gasteiger partial charge in [-0.2, -0.15) is 0 Å². The number of benzene rings is 1. The van der Waals surface area contributed by atoms with Crippen molar-refractivity contribution in [2.24, 2.45) is 0 Å². The van der Waals surface area contributed by atoms with Gasteiger partial charge in [0, 0.05) is 12.5 Å². The van der Waals surface area contributed by atoms with Crippen LogP contribution in [-0.4, -0.2) is 40.6 Å². The lowest BCUT2D eigenvalue weighted by Gasteiger charge is -2.22. The van der Waals surface area contributed by atoms with Gasteiger partial charge in [-0.3, -0.25) is 5.32 Å². The molecule has 1 aromatic carbocycles. The molecule has 0 aromatic heterocycles. The number of aliphatic carboxylic acids is 1. The zero-order valence-corrected chi connectivity index (χ0v) is 14.0. The van der Waals surface area contributed by atoms with Gasteiger partial charge in [0.25, 0.3) is 0 Å². The molecule has 7 heteroatoms. The molecule has 0 spiro atoms. The molecule has 0 aliphatic heterocycles. The highest BCUT2D eigenvalue weighted by Gasteiger charge is 2.31. The van der Waals surface area contributed by atoms with Crippen molar-refractivity contribution in [2.75, 3.05) is 12.4 Å². The Balaban J connectivity index is 3.08. The van der Waals surface area contributed by atoms with Gasteiger partial charge in [-0.05, 0) is 39.3 Å². The molecule has 0 bridgehead atoms. The third-order valence-corrected chi connectivity index (χ3v) is 2.95. The molecule has 3 N–H and O–H groups in total. The van der Waals surface area contributed by atoms with E-state index in [0.29, 0.717) is 17.0 Å². The van der Waals surface area contributed by atoms with Crippen molar-refractivity contribution >= 4 is 17.7 Å². The Labute approximate surface area is 135 Å². The van der Waals surface area contributed by atoms with Crippen molar-refractivity contribution < 1.29 is 29.3 Å². The molecule has 0 saturated heterocycles. The first-order valence-corrected chi connectivity index (χ1v) is 7.07. The van der Waals surface area contributed by atoms with Gasteiger partial charge >= 0.3 is 12.1 Å². The van der Waals surface area contributed by atoms with Crippen molar-refractivity contribution in [1.82, 2.24) is 0 Å². The summed E-state index contributed by atoms with van der Waals surface area (Å²) < 4.78 is 10.3. The van der Waals surface area contributed by atoms with Crippen molar-refractivity contribution in [2.45, 2.75) is 45.3 Å². The van der Waals surface area contributed by atoms with Gasteiger partial charge in [-0.25, -0.2) is 9.59 Å². The smallest absolute Gasteiger partial charge is 0.412 e. The lowest BCUT2D eigenvalue weighted by molar-refractivity contribution is -0.156. The Morgan fingerprint density at radius 2 is 1.83 bits per heavy atom. The van der Waals surface area contributed by atoms with Crippen LogP contribution < -0.4 is 10.1 Å². The van der Waals surface area contributed by atoms with E-state index in [1.807, 2.05) is 0 Å². The first kappa shape index (κ1) is 18.8. The summed E-state index contributed by atoms with van der Waals surface area (Å²) in [7, 11) is 1.47. The van der Waals surface area contributed by atoms with Crippen LogP contribution in [0.25, 0.3) is 0 Å².